The number of carbonyl (C=O) groups excluding carboxylic acids is 2. The normalized spacial score (nSPS) is 18.4. The summed E-state index contributed by atoms with van der Waals surface area (Å²) >= 11 is 1.72. The Balaban J connectivity index is 1.48. The molecule has 1 aliphatic rings. The van der Waals surface area contributed by atoms with Crippen LogP contribution in [0.3, 0.4) is 0 Å². The summed E-state index contributed by atoms with van der Waals surface area (Å²) in [5, 5.41) is 4.91. The molecule has 1 fully saturated rings. The van der Waals surface area contributed by atoms with Crippen molar-refractivity contribution in [2.45, 2.75) is 19.3 Å². The molecule has 1 atom stereocenters. The van der Waals surface area contributed by atoms with E-state index in [0.29, 0.717) is 32.4 Å². The van der Waals surface area contributed by atoms with Gasteiger partial charge in [0.1, 0.15) is 0 Å². The second kappa shape index (κ2) is 8.84. The van der Waals surface area contributed by atoms with Crippen LogP contribution >= 0.6 is 11.3 Å². The van der Waals surface area contributed by atoms with E-state index in [9.17, 15) is 9.59 Å². The van der Waals surface area contributed by atoms with Gasteiger partial charge in [-0.25, -0.2) is 0 Å². The second-order valence-corrected chi connectivity index (χ2v) is 8.89. The molecule has 1 saturated heterocycles. The molecule has 0 radical (unpaired) electrons. The van der Waals surface area contributed by atoms with Crippen molar-refractivity contribution in [1.82, 2.24) is 10.2 Å². The maximum Gasteiger partial charge on any atom is 0.228 e. The van der Waals surface area contributed by atoms with Gasteiger partial charge in [0.2, 0.25) is 11.8 Å². The molecule has 0 aliphatic carbocycles. The van der Waals surface area contributed by atoms with Crippen molar-refractivity contribution in [3.63, 3.8) is 0 Å². The molecule has 0 saturated carbocycles. The molecular formula is C25H26N2O2S. The Morgan fingerprint density at radius 1 is 1.00 bits per heavy atom. The molecule has 1 N–H and O–H groups in total. The van der Waals surface area contributed by atoms with Crippen molar-refractivity contribution in [2.24, 2.45) is 5.41 Å². The van der Waals surface area contributed by atoms with Gasteiger partial charge in [0.05, 0.1) is 11.8 Å². The average Bonchev–Trinajstić information content (AvgIpc) is 3.46. The number of amides is 2. The number of hydrogen-bond acceptors (Lipinski definition) is 3. The van der Waals surface area contributed by atoms with E-state index < -0.39 is 5.41 Å². The topological polar surface area (TPSA) is 49.4 Å². The Bertz CT molecular complexity index is 999. The Kier molecular flexibility index (Phi) is 6.00. The summed E-state index contributed by atoms with van der Waals surface area (Å²) in [7, 11) is 1.68. The minimum atomic E-state index is -0.578. The summed E-state index contributed by atoms with van der Waals surface area (Å²) in [6, 6.07) is 22.4. The van der Waals surface area contributed by atoms with Gasteiger partial charge in [-0.15, -0.1) is 11.3 Å². The highest BCUT2D eigenvalue weighted by molar-refractivity contribution is 7.13. The predicted molar refractivity (Wildman–Crippen MR) is 121 cm³/mol. The Morgan fingerprint density at radius 2 is 1.77 bits per heavy atom. The van der Waals surface area contributed by atoms with Crippen LogP contribution in [0.5, 0.6) is 0 Å². The number of likely N-dealkylation sites (tertiary alicyclic amines) is 1. The van der Waals surface area contributed by atoms with Crippen LogP contribution in [0.15, 0.2) is 72.1 Å². The maximum absolute atomic E-state index is 12.9. The van der Waals surface area contributed by atoms with Crippen LogP contribution in [0.1, 0.15) is 17.5 Å². The van der Waals surface area contributed by atoms with E-state index in [1.54, 1.807) is 18.4 Å². The summed E-state index contributed by atoms with van der Waals surface area (Å²) in [4.78, 5) is 28.8. The van der Waals surface area contributed by atoms with Gasteiger partial charge in [-0.2, -0.15) is 0 Å². The monoisotopic (exact) mass is 418 g/mol. The van der Waals surface area contributed by atoms with Crippen LogP contribution in [0, 0.1) is 5.41 Å². The fourth-order valence-electron chi connectivity index (χ4n) is 4.26. The van der Waals surface area contributed by atoms with Crippen LogP contribution in [0.4, 0.5) is 0 Å². The quantitative estimate of drug-likeness (QED) is 0.653. The van der Waals surface area contributed by atoms with Crippen molar-refractivity contribution in [2.75, 3.05) is 20.1 Å². The third kappa shape index (κ3) is 4.31. The predicted octanol–water partition coefficient (Wildman–Crippen LogP) is 4.17. The second-order valence-electron chi connectivity index (χ2n) is 7.94. The van der Waals surface area contributed by atoms with Crippen LogP contribution in [0.25, 0.3) is 10.4 Å². The molecule has 154 valence electrons. The first kappa shape index (κ1) is 20.4. The zero-order valence-electron chi connectivity index (χ0n) is 17.1. The van der Waals surface area contributed by atoms with Crippen molar-refractivity contribution < 1.29 is 9.59 Å². The van der Waals surface area contributed by atoms with E-state index in [1.807, 2.05) is 41.3 Å². The smallest absolute Gasteiger partial charge is 0.228 e. The van der Waals surface area contributed by atoms with Gasteiger partial charge >= 0.3 is 0 Å². The summed E-state index contributed by atoms with van der Waals surface area (Å²) in [5.41, 5.74) is 2.74. The third-order valence-corrected chi connectivity index (χ3v) is 6.83. The minimum absolute atomic E-state index is 0.0137. The largest absolute Gasteiger partial charge is 0.359 e. The van der Waals surface area contributed by atoms with E-state index in [4.69, 9.17) is 0 Å². The summed E-state index contributed by atoms with van der Waals surface area (Å²) in [5.74, 6) is 0.0971. The summed E-state index contributed by atoms with van der Waals surface area (Å²) in [6.45, 7) is 1.08. The lowest BCUT2D eigenvalue weighted by Crippen LogP contribution is -2.44. The van der Waals surface area contributed by atoms with Crippen LogP contribution in [-0.2, 0) is 22.4 Å². The first-order chi connectivity index (χ1) is 14.6. The van der Waals surface area contributed by atoms with Gasteiger partial charge in [-0.05, 0) is 41.0 Å². The third-order valence-electron chi connectivity index (χ3n) is 5.92. The lowest BCUT2D eigenvalue weighted by atomic mass is 9.79. The molecule has 4 nitrogen and oxygen atoms in total. The Hall–Kier alpha value is -2.92. The van der Waals surface area contributed by atoms with Crippen LogP contribution < -0.4 is 5.32 Å². The molecule has 0 unspecified atom stereocenters. The van der Waals surface area contributed by atoms with Gasteiger partial charge in [0.25, 0.3) is 0 Å². The van der Waals surface area contributed by atoms with Gasteiger partial charge in [0.15, 0.2) is 0 Å². The molecule has 5 heteroatoms. The lowest BCUT2D eigenvalue weighted by Gasteiger charge is -2.28. The average molecular weight is 419 g/mol. The fraction of sp³-hybridized carbons (Fsp3) is 0.280. The van der Waals surface area contributed by atoms with Crippen molar-refractivity contribution in [3.05, 3.63) is 83.2 Å². The number of nitrogens with one attached hydrogen (secondary N) is 1. The summed E-state index contributed by atoms with van der Waals surface area (Å²) in [6.07, 6.45) is 1.69. The van der Waals surface area contributed by atoms with E-state index >= 15 is 0 Å². The molecule has 3 aromatic rings. The zero-order chi connectivity index (χ0) is 21.0. The number of thiophene rings is 1. The zero-order valence-corrected chi connectivity index (χ0v) is 18.0. The number of carbonyl (C=O) groups is 2. The molecule has 0 bridgehead atoms. The van der Waals surface area contributed by atoms with Crippen molar-refractivity contribution >= 4 is 23.2 Å². The van der Waals surface area contributed by atoms with Crippen LogP contribution in [-0.4, -0.2) is 36.9 Å². The first-order valence-corrected chi connectivity index (χ1v) is 11.1. The molecule has 2 aromatic carbocycles. The number of nitrogens with zero attached hydrogens (tertiary/aromatic N) is 1. The Labute approximate surface area is 181 Å². The van der Waals surface area contributed by atoms with Gasteiger partial charge in [0, 0.05) is 25.0 Å². The van der Waals surface area contributed by atoms with E-state index in [0.717, 1.165) is 11.1 Å². The van der Waals surface area contributed by atoms with Crippen molar-refractivity contribution in [1.29, 1.82) is 0 Å². The van der Waals surface area contributed by atoms with E-state index in [1.165, 1.54) is 10.4 Å². The number of rotatable bonds is 6. The van der Waals surface area contributed by atoms with E-state index in [-0.39, 0.29) is 11.8 Å². The van der Waals surface area contributed by atoms with Gasteiger partial charge in [-0.3, -0.25) is 9.59 Å². The molecular weight excluding hydrogens is 392 g/mol. The van der Waals surface area contributed by atoms with Gasteiger partial charge in [-0.1, -0.05) is 60.7 Å². The Morgan fingerprint density at radius 3 is 2.43 bits per heavy atom. The first-order valence-electron chi connectivity index (χ1n) is 10.3. The number of benzene rings is 2. The number of hydrogen-bond donors (Lipinski definition) is 1. The molecule has 1 aromatic heterocycles. The summed E-state index contributed by atoms with van der Waals surface area (Å²) < 4.78 is 0. The highest BCUT2D eigenvalue weighted by atomic mass is 32.1. The minimum Gasteiger partial charge on any atom is -0.359 e. The molecule has 2 amide bonds. The maximum atomic E-state index is 12.9. The van der Waals surface area contributed by atoms with E-state index in [2.05, 4.69) is 41.0 Å². The molecule has 30 heavy (non-hydrogen) atoms. The molecule has 2 heterocycles. The van der Waals surface area contributed by atoms with Gasteiger partial charge < -0.3 is 10.2 Å². The molecule has 4 rings (SSSR count). The van der Waals surface area contributed by atoms with Crippen molar-refractivity contribution in [3.8, 4) is 10.4 Å². The lowest BCUT2D eigenvalue weighted by molar-refractivity contribution is -0.132. The standard InChI is InChI=1S/C25H26N2O2S/c1-26-24(29)25(17-20-9-11-21(12-10-20)22-8-5-15-30-22)13-14-27(18-25)23(28)16-19-6-3-2-4-7-19/h2-12,15H,13-14,16-18H2,1H3,(H,26,29)/t25-/m1/s1. The van der Waals surface area contributed by atoms with Crippen LogP contribution in [0.2, 0.25) is 0 Å². The molecule has 1 aliphatic heterocycles. The SMILES string of the molecule is CNC(=O)[C@@]1(Cc2ccc(-c3cccs3)cc2)CCN(C(=O)Cc2ccccc2)C1. The highest BCUT2D eigenvalue weighted by Gasteiger charge is 2.45. The molecule has 0 spiro atoms. The highest BCUT2D eigenvalue weighted by Crippen LogP contribution is 2.36. The fourth-order valence-corrected chi connectivity index (χ4v) is 5.00.